The van der Waals surface area contributed by atoms with Gasteiger partial charge in [0, 0.05) is 12.2 Å². The number of sulfonamides is 1. The van der Waals surface area contributed by atoms with Crippen molar-refractivity contribution in [3.63, 3.8) is 0 Å². The van der Waals surface area contributed by atoms with E-state index in [0.29, 0.717) is 24.3 Å². The van der Waals surface area contributed by atoms with E-state index >= 15 is 0 Å². The van der Waals surface area contributed by atoms with Crippen molar-refractivity contribution >= 4 is 38.1 Å². The number of benzene rings is 3. The number of rotatable bonds is 3. The molecule has 4 rings (SSSR count). The molecule has 0 atom stereocenters. The van der Waals surface area contributed by atoms with Gasteiger partial charge in [0.1, 0.15) is 5.75 Å². The lowest BCUT2D eigenvalue weighted by atomic mass is 10.1. The van der Waals surface area contributed by atoms with E-state index in [0.717, 1.165) is 10.8 Å². The second-order valence-corrected chi connectivity index (χ2v) is 8.47. The summed E-state index contributed by atoms with van der Waals surface area (Å²) in [5.41, 5.74) is 1.28. The first kappa shape index (κ1) is 17.4. The number of nitrogens with one attached hydrogen (secondary N) is 1. The molecular formula is C20H18N2O4S. The predicted octanol–water partition coefficient (Wildman–Crippen LogP) is 3.34. The molecule has 1 saturated heterocycles. The minimum Gasteiger partial charge on any atom is -0.507 e. The molecule has 3 aromatic carbocycles. The van der Waals surface area contributed by atoms with Gasteiger partial charge in [0.25, 0.3) is 5.91 Å². The third-order valence-electron chi connectivity index (χ3n) is 4.62. The summed E-state index contributed by atoms with van der Waals surface area (Å²) in [4.78, 5) is 12.5. The van der Waals surface area contributed by atoms with Gasteiger partial charge in [-0.3, -0.25) is 9.10 Å². The molecule has 1 aliphatic rings. The molecular weight excluding hydrogens is 364 g/mol. The van der Waals surface area contributed by atoms with Gasteiger partial charge in [-0.15, -0.1) is 0 Å². The maximum atomic E-state index is 12.5. The van der Waals surface area contributed by atoms with E-state index in [9.17, 15) is 18.3 Å². The van der Waals surface area contributed by atoms with Crippen LogP contribution in [0.25, 0.3) is 10.8 Å². The maximum absolute atomic E-state index is 12.5. The summed E-state index contributed by atoms with van der Waals surface area (Å²) in [7, 11) is -3.23. The molecule has 6 nitrogen and oxygen atoms in total. The summed E-state index contributed by atoms with van der Waals surface area (Å²) in [6.45, 7) is 0.471. The molecule has 1 aliphatic heterocycles. The van der Waals surface area contributed by atoms with Crippen molar-refractivity contribution in [1.29, 1.82) is 0 Å². The lowest BCUT2D eigenvalue weighted by Gasteiger charge is -2.17. The number of fused-ring (bicyclic) bond motifs is 1. The molecule has 1 amide bonds. The van der Waals surface area contributed by atoms with Gasteiger partial charge in [0.15, 0.2) is 0 Å². The third-order valence-corrected chi connectivity index (χ3v) is 6.49. The van der Waals surface area contributed by atoms with Gasteiger partial charge in [-0.05, 0) is 53.6 Å². The smallest absolute Gasteiger partial charge is 0.259 e. The number of amides is 1. The number of anilines is 2. The van der Waals surface area contributed by atoms with Crippen LogP contribution in [0, 0.1) is 0 Å². The predicted molar refractivity (Wildman–Crippen MR) is 106 cm³/mol. The van der Waals surface area contributed by atoms with Crippen LogP contribution in [0.1, 0.15) is 16.8 Å². The molecule has 138 valence electrons. The van der Waals surface area contributed by atoms with E-state index < -0.39 is 15.9 Å². The number of phenolic OH excluding ortho intramolecular Hbond substituents is 1. The van der Waals surface area contributed by atoms with Crippen molar-refractivity contribution in [2.24, 2.45) is 0 Å². The summed E-state index contributed by atoms with van der Waals surface area (Å²) in [6.07, 6.45) is 0.613. The molecule has 0 spiro atoms. The fraction of sp³-hybridized carbons (Fsp3) is 0.150. The molecule has 0 unspecified atom stereocenters. The molecule has 7 heteroatoms. The summed E-state index contributed by atoms with van der Waals surface area (Å²) >= 11 is 0. The van der Waals surface area contributed by atoms with E-state index in [1.165, 1.54) is 4.31 Å². The summed E-state index contributed by atoms with van der Waals surface area (Å²) in [6, 6.07) is 17.3. The molecule has 0 saturated carbocycles. The van der Waals surface area contributed by atoms with Crippen LogP contribution in [-0.2, 0) is 10.0 Å². The molecule has 1 fully saturated rings. The SMILES string of the molecule is O=C(Nc1ccc(N2CCCS2(=O)=O)cc1)c1cc2ccccc2cc1O. The Hall–Kier alpha value is -3.06. The van der Waals surface area contributed by atoms with Crippen LogP contribution in [0.4, 0.5) is 11.4 Å². The molecule has 0 aliphatic carbocycles. The van der Waals surface area contributed by atoms with Gasteiger partial charge in [-0.1, -0.05) is 24.3 Å². The lowest BCUT2D eigenvalue weighted by molar-refractivity contribution is 0.102. The molecule has 2 N–H and O–H groups in total. The van der Waals surface area contributed by atoms with Crippen molar-refractivity contribution in [2.45, 2.75) is 6.42 Å². The van der Waals surface area contributed by atoms with Gasteiger partial charge in [0.2, 0.25) is 10.0 Å². The van der Waals surface area contributed by atoms with E-state index in [2.05, 4.69) is 5.32 Å². The van der Waals surface area contributed by atoms with E-state index in [1.807, 2.05) is 24.3 Å². The zero-order chi connectivity index (χ0) is 19.0. The van der Waals surface area contributed by atoms with Crippen molar-refractivity contribution in [3.8, 4) is 5.75 Å². The van der Waals surface area contributed by atoms with Crippen molar-refractivity contribution in [3.05, 3.63) is 66.2 Å². The third kappa shape index (κ3) is 3.33. The van der Waals surface area contributed by atoms with Crippen LogP contribution in [0.15, 0.2) is 60.7 Å². The highest BCUT2D eigenvalue weighted by atomic mass is 32.2. The minimum atomic E-state index is -3.23. The van der Waals surface area contributed by atoms with Crippen LogP contribution in [0.3, 0.4) is 0 Å². The first-order valence-corrected chi connectivity index (χ1v) is 10.2. The maximum Gasteiger partial charge on any atom is 0.259 e. The quantitative estimate of drug-likeness (QED) is 0.727. The van der Waals surface area contributed by atoms with E-state index in [1.54, 1.807) is 36.4 Å². The molecule has 27 heavy (non-hydrogen) atoms. The van der Waals surface area contributed by atoms with Crippen LogP contribution in [0.5, 0.6) is 5.75 Å². The van der Waals surface area contributed by atoms with Gasteiger partial charge in [-0.25, -0.2) is 8.42 Å². The number of hydrogen-bond acceptors (Lipinski definition) is 4. The number of aromatic hydroxyl groups is 1. The number of hydrogen-bond donors (Lipinski definition) is 2. The molecule has 0 radical (unpaired) electrons. The van der Waals surface area contributed by atoms with Crippen LogP contribution >= 0.6 is 0 Å². The van der Waals surface area contributed by atoms with Crippen molar-refractivity contribution in [1.82, 2.24) is 0 Å². The number of carbonyl (C=O) groups excluding carboxylic acids is 1. The first-order chi connectivity index (χ1) is 12.9. The Bertz CT molecular complexity index is 1120. The topological polar surface area (TPSA) is 86.7 Å². The highest BCUT2D eigenvalue weighted by Crippen LogP contribution is 2.28. The van der Waals surface area contributed by atoms with Crippen molar-refractivity contribution < 1.29 is 18.3 Å². The zero-order valence-electron chi connectivity index (χ0n) is 14.4. The molecule has 0 bridgehead atoms. The Labute approximate surface area is 157 Å². The second-order valence-electron chi connectivity index (χ2n) is 6.46. The Morgan fingerprint density at radius 2 is 1.67 bits per heavy atom. The largest absolute Gasteiger partial charge is 0.507 e. The van der Waals surface area contributed by atoms with E-state index in [4.69, 9.17) is 0 Å². The van der Waals surface area contributed by atoms with Gasteiger partial charge >= 0.3 is 0 Å². The van der Waals surface area contributed by atoms with Crippen LogP contribution < -0.4 is 9.62 Å². The second kappa shape index (κ2) is 6.59. The fourth-order valence-electron chi connectivity index (χ4n) is 3.25. The van der Waals surface area contributed by atoms with E-state index in [-0.39, 0.29) is 17.1 Å². The Kier molecular flexibility index (Phi) is 4.24. The Balaban J connectivity index is 1.56. The molecule has 1 heterocycles. The molecule has 3 aromatic rings. The monoisotopic (exact) mass is 382 g/mol. The van der Waals surface area contributed by atoms with Crippen molar-refractivity contribution in [2.75, 3.05) is 21.9 Å². The minimum absolute atomic E-state index is 0.0917. The average Bonchev–Trinajstić information content (AvgIpc) is 3.01. The van der Waals surface area contributed by atoms with Crippen LogP contribution in [0.2, 0.25) is 0 Å². The zero-order valence-corrected chi connectivity index (χ0v) is 15.2. The molecule has 0 aromatic heterocycles. The Morgan fingerprint density at radius 3 is 2.30 bits per heavy atom. The lowest BCUT2D eigenvalue weighted by Crippen LogP contribution is -2.25. The number of nitrogens with zero attached hydrogens (tertiary/aromatic N) is 1. The standard InChI is InChI=1S/C20H18N2O4S/c23-19-13-15-5-2-1-4-14(15)12-18(19)20(24)21-16-6-8-17(9-7-16)22-10-3-11-27(22,25)26/h1-2,4-9,12-13,23H,3,10-11H2,(H,21,24). The number of carbonyl (C=O) groups is 1. The first-order valence-electron chi connectivity index (χ1n) is 8.58. The summed E-state index contributed by atoms with van der Waals surface area (Å²) < 4.78 is 25.3. The Morgan fingerprint density at radius 1 is 1.00 bits per heavy atom. The fourth-order valence-corrected chi connectivity index (χ4v) is 4.81. The highest BCUT2D eigenvalue weighted by Gasteiger charge is 2.28. The normalized spacial score (nSPS) is 15.8. The van der Waals surface area contributed by atoms with Crippen LogP contribution in [-0.4, -0.2) is 31.7 Å². The average molecular weight is 382 g/mol. The summed E-state index contributed by atoms with van der Waals surface area (Å²) in [5, 5.41) is 14.6. The van der Waals surface area contributed by atoms with Gasteiger partial charge in [0.05, 0.1) is 17.0 Å². The number of phenols is 1. The van der Waals surface area contributed by atoms with Gasteiger partial charge < -0.3 is 10.4 Å². The summed E-state index contributed by atoms with van der Waals surface area (Å²) in [5.74, 6) is -0.363. The van der Waals surface area contributed by atoms with Gasteiger partial charge in [-0.2, -0.15) is 0 Å². The highest BCUT2D eigenvalue weighted by molar-refractivity contribution is 7.93.